The van der Waals surface area contributed by atoms with Crippen molar-refractivity contribution < 1.29 is 10.0 Å². The van der Waals surface area contributed by atoms with E-state index in [1.165, 1.54) is 11.6 Å². The lowest BCUT2D eigenvalue weighted by Crippen LogP contribution is -2.47. The van der Waals surface area contributed by atoms with E-state index in [1.807, 2.05) is 36.6 Å². The Hall–Kier alpha value is -2.70. The highest BCUT2D eigenvalue weighted by molar-refractivity contribution is 5.98. The third kappa shape index (κ3) is 4.72. The number of amidine groups is 1. The van der Waals surface area contributed by atoms with Crippen molar-refractivity contribution in [1.82, 2.24) is 15.7 Å². The quantitative estimate of drug-likeness (QED) is 0.425. The Balaban J connectivity index is 1.86. The molecule has 3 N–H and O–H groups in total. The number of nitrogens with one attached hydrogen (secondary N) is 2. The maximum atomic E-state index is 11.2. The van der Waals surface area contributed by atoms with E-state index in [1.54, 1.807) is 11.6 Å². The SMILES string of the molecule is CC(C)(C)NCC1C(c2ccccc2)N=C2C=C(/C=C/C(=O)NO)C=CN21. The molecule has 1 aromatic rings. The number of hydrogen-bond donors (Lipinski definition) is 3. The summed E-state index contributed by atoms with van der Waals surface area (Å²) in [5.41, 5.74) is 3.64. The molecular formula is C21H26N4O2. The Morgan fingerprint density at radius 2 is 2.04 bits per heavy atom. The molecule has 3 rings (SSSR count). The molecule has 0 saturated heterocycles. The average Bonchev–Trinajstić information content (AvgIpc) is 3.02. The van der Waals surface area contributed by atoms with E-state index in [0.29, 0.717) is 0 Å². The molecule has 2 atom stereocenters. The fraction of sp³-hybridized carbons (Fsp3) is 0.333. The molecule has 27 heavy (non-hydrogen) atoms. The van der Waals surface area contributed by atoms with Gasteiger partial charge in [-0.3, -0.25) is 15.0 Å². The zero-order chi connectivity index (χ0) is 19.4. The Bertz CT molecular complexity index is 803. The molecule has 142 valence electrons. The minimum Gasteiger partial charge on any atom is -0.326 e. The first kappa shape index (κ1) is 19.1. The molecule has 0 aromatic heterocycles. The van der Waals surface area contributed by atoms with Crippen LogP contribution in [0.4, 0.5) is 0 Å². The normalized spacial score (nSPS) is 21.9. The van der Waals surface area contributed by atoms with Crippen LogP contribution in [0.5, 0.6) is 0 Å². The first-order chi connectivity index (χ1) is 12.9. The van der Waals surface area contributed by atoms with Gasteiger partial charge >= 0.3 is 0 Å². The van der Waals surface area contributed by atoms with Crippen molar-refractivity contribution in [2.75, 3.05) is 6.54 Å². The van der Waals surface area contributed by atoms with E-state index < -0.39 is 5.91 Å². The van der Waals surface area contributed by atoms with Gasteiger partial charge in [-0.25, -0.2) is 5.48 Å². The predicted molar refractivity (Wildman–Crippen MR) is 106 cm³/mol. The molecule has 2 heterocycles. The largest absolute Gasteiger partial charge is 0.326 e. The lowest BCUT2D eigenvalue weighted by atomic mass is 9.98. The Morgan fingerprint density at radius 1 is 1.30 bits per heavy atom. The van der Waals surface area contributed by atoms with Crippen LogP contribution in [0.3, 0.4) is 0 Å². The van der Waals surface area contributed by atoms with Gasteiger partial charge in [0.2, 0.25) is 0 Å². The maximum absolute atomic E-state index is 11.2. The number of hydrogen-bond acceptors (Lipinski definition) is 5. The van der Waals surface area contributed by atoms with E-state index in [2.05, 4.69) is 43.1 Å². The average molecular weight is 366 g/mol. The molecule has 6 heteroatoms. The zero-order valence-electron chi connectivity index (χ0n) is 15.9. The number of benzene rings is 1. The minimum atomic E-state index is -0.561. The van der Waals surface area contributed by atoms with Crippen molar-refractivity contribution in [2.45, 2.75) is 38.4 Å². The van der Waals surface area contributed by atoms with Gasteiger partial charge in [-0.1, -0.05) is 30.3 Å². The standard InChI is InChI=1S/C21H26N4O2/c1-21(2,3)22-14-17-20(16-7-5-4-6-8-16)23-18-13-15(11-12-25(17)18)9-10-19(26)24-27/h4-13,17,20,22,27H,14H2,1-3H3,(H,24,26)/b10-9+. The van der Waals surface area contributed by atoms with Crippen molar-refractivity contribution in [3.8, 4) is 0 Å². The molecule has 0 spiro atoms. The lowest BCUT2D eigenvalue weighted by Gasteiger charge is -2.32. The summed E-state index contributed by atoms with van der Waals surface area (Å²) in [5, 5.41) is 12.2. The van der Waals surface area contributed by atoms with Crippen molar-refractivity contribution >= 4 is 11.7 Å². The summed E-state index contributed by atoms with van der Waals surface area (Å²) in [6, 6.07) is 10.5. The van der Waals surface area contributed by atoms with Crippen LogP contribution < -0.4 is 10.8 Å². The van der Waals surface area contributed by atoms with E-state index in [9.17, 15) is 4.79 Å². The molecule has 0 bridgehead atoms. The Morgan fingerprint density at radius 3 is 2.70 bits per heavy atom. The fourth-order valence-corrected chi connectivity index (χ4v) is 3.16. The summed E-state index contributed by atoms with van der Waals surface area (Å²) in [5.74, 6) is 0.311. The summed E-state index contributed by atoms with van der Waals surface area (Å²) in [6.07, 6.45) is 8.84. The van der Waals surface area contributed by atoms with Crippen LogP contribution in [-0.2, 0) is 4.79 Å². The Labute approximate surface area is 159 Å². The predicted octanol–water partition coefficient (Wildman–Crippen LogP) is 2.71. The molecular weight excluding hydrogens is 340 g/mol. The van der Waals surface area contributed by atoms with Crippen LogP contribution in [0.25, 0.3) is 0 Å². The van der Waals surface area contributed by atoms with E-state index in [-0.39, 0.29) is 17.6 Å². The summed E-state index contributed by atoms with van der Waals surface area (Å²) >= 11 is 0. The van der Waals surface area contributed by atoms with Gasteiger partial charge in [0, 0.05) is 24.4 Å². The van der Waals surface area contributed by atoms with Gasteiger partial charge in [0.05, 0.1) is 12.1 Å². The van der Waals surface area contributed by atoms with Gasteiger partial charge in [0.25, 0.3) is 5.91 Å². The third-order valence-corrected chi connectivity index (χ3v) is 4.50. The van der Waals surface area contributed by atoms with E-state index >= 15 is 0 Å². The topological polar surface area (TPSA) is 77.0 Å². The van der Waals surface area contributed by atoms with Crippen LogP contribution in [0.15, 0.2) is 71.4 Å². The first-order valence-electron chi connectivity index (χ1n) is 9.05. The number of amides is 1. The van der Waals surface area contributed by atoms with E-state index in [4.69, 9.17) is 10.2 Å². The maximum Gasteiger partial charge on any atom is 0.267 e. The first-order valence-corrected chi connectivity index (χ1v) is 9.05. The van der Waals surface area contributed by atoms with Crippen molar-refractivity contribution in [1.29, 1.82) is 0 Å². The highest BCUT2D eigenvalue weighted by Gasteiger charge is 2.36. The second-order valence-electron chi connectivity index (χ2n) is 7.72. The summed E-state index contributed by atoms with van der Waals surface area (Å²) in [7, 11) is 0. The number of nitrogens with zero attached hydrogens (tertiary/aromatic N) is 2. The van der Waals surface area contributed by atoms with Crippen molar-refractivity contribution in [3.05, 3.63) is 72.0 Å². The lowest BCUT2D eigenvalue weighted by molar-refractivity contribution is -0.124. The number of carbonyl (C=O) groups is 1. The molecule has 1 aromatic carbocycles. The number of allylic oxidation sites excluding steroid dienone is 3. The highest BCUT2D eigenvalue weighted by atomic mass is 16.5. The fourth-order valence-electron chi connectivity index (χ4n) is 3.16. The van der Waals surface area contributed by atoms with Crippen molar-refractivity contribution in [2.24, 2.45) is 4.99 Å². The molecule has 0 radical (unpaired) electrons. The minimum absolute atomic E-state index is 0.0187. The molecule has 0 fully saturated rings. The second-order valence-corrected chi connectivity index (χ2v) is 7.72. The molecule has 0 aliphatic carbocycles. The van der Waals surface area contributed by atoms with Gasteiger partial charge in [-0.05, 0) is 50.1 Å². The zero-order valence-corrected chi connectivity index (χ0v) is 15.9. The van der Waals surface area contributed by atoms with Crippen LogP contribution >= 0.6 is 0 Å². The van der Waals surface area contributed by atoms with Crippen LogP contribution in [0.2, 0.25) is 0 Å². The Kier molecular flexibility index (Phi) is 5.58. The number of aliphatic imine (C=N–C) groups is 1. The molecule has 2 aliphatic heterocycles. The summed E-state index contributed by atoms with van der Waals surface area (Å²) in [6.45, 7) is 7.26. The summed E-state index contributed by atoms with van der Waals surface area (Å²) < 4.78 is 0. The second kappa shape index (κ2) is 7.90. The van der Waals surface area contributed by atoms with Gasteiger partial charge < -0.3 is 10.2 Å². The number of rotatable bonds is 5. The molecule has 0 saturated carbocycles. The smallest absolute Gasteiger partial charge is 0.267 e. The molecule has 6 nitrogen and oxygen atoms in total. The van der Waals surface area contributed by atoms with Crippen molar-refractivity contribution in [3.63, 3.8) is 0 Å². The van der Waals surface area contributed by atoms with Crippen LogP contribution in [0, 0.1) is 0 Å². The van der Waals surface area contributed by atoms with Crippen LogP contribution in [-0.4, -0.2) is 40.0 Å². The van der Waals surface area contributed by atoms with Gasteiger partial charge in [0.15, 0.2) is 0 Å². The van der Waals surface area contributed by atoms with Crippen LogP contribution in [0.1, 0.15) is 32.4 Å². The number of fused-ring (bicyclic) bond motifs is 1. The molecule has 1 amide bonds. The molecule has 2 unspecified atom stereocenters. The number of hydroxylamine groups is 1. The highest BCUT2D eigenvalue weighted by Crippen LogP contribution is 2.34. The van der Waals surface area contributed by atoms with Gasteiger partial charge in [0.1, 0.15) is 5.84 Å². The molecule has 2 aliphatic rings. The third-order valence-electron chi connectivity index (χ3n) is 4.50. The van der Waals surface area contributed by atoms with Gasteiger partial charge in [-0.15, -0.1) is 0 Å². The monoisotopic (exact) mass is 366 g/mol. The summed E-state index contributed by atoms with van der Waals surface area (Å²) in [4.78, 5) is 18.3. The number of carbonyl (C=O) groups excluding carboxylic acids is 1. The van der Waals surface area contributed by atoms with E-state index in [0.717, 1.165) is 18.0 Å². The van der Waals surface area contributed by atoms with Gasteiger partial charge in [-0.2, -0.15) is 0 Å².